The van der Waals surface area contributed by atoms with Gasteiger partial charge in [0.25, 0.3) is 0 Å². The lowest BCUT2D eigenvalue weighted by molar-refractivity contribution is 0.509. The van der Waals surface area contributed by atoms with E-state index in [2.05, 4.69) is 118 Å². The first kappa shape index (κ1) is 58.1. The van der Waals surface area contributed by atoms with Gasteiger partial charge >= 0.3 is 0 Å². The Balaban J connectivity index is -0.0000000269. The lowest BCUT2D eigenvalue weighted by Gasteiger charge is -2.02. The van der Waals surface area contributed by atoms with Crippen molar-refractivity contribution in [2.45, 2.75) is 108 Å². The van der Waals surface area contributed by atoms with Crippen LogP contribution in [-0.4, -0.2) is 0 Å². The van der Waals surface area contributed by atoms with Gasteiger partial charge in [0.15, 0.2) is 0 Å². The molecular formula is C28H61I3. The third kappa shape index (κ3) is 217. The van der Waals surface area contributed by atoms with E-state index in [-0.39, 0.29) is 24.0 Å². The van der Waals surface area contributed by atoms with Crippen molar-refractivity contribution in [3.63, 3.8) is 0 Å². The van der Waals surface area contributed by atoms with Crippen molar-refractivity contribution in [2.75, 3.05) is 0 Å². The van der Waals surface area contributed by atoms with Gasteiger partial charge in [-0.05, 0) is 39.5 Å². The zero-order valence-electron chi connectivity index (χ0n) is 23.1. The largest absolute Gasteiger partial charge is 0.107 e. The number of rotatable bonds is 6. The maximum atomic E-state index is 3.36. The number of allylic oxidation sites excluding steroid dienone is 4. The average molecular weight is 779 g/mol. The summed E-state index contributed by atoms with van der Waals surface area (Å²) in [6.07, 6.45) is 15.2. The Kier molecular flexibility index (Phi) is 181. The molecule has 0 saturated heterocycles. The van der Waals surface area contributed by atoms with Crippen molar-refractivity contribution in [3.05, 3.63) is 63.8 Å². The molecule has 0 aromatic heterocycles. The predicted octanol–water partition coefficient (Wildman–Crippen LogP) is 13.6. The van der Waals surface area contributed by atoms with Gasteiger partial charge < -0.3 is 0 Å². The summed E-state index contributed by atoms with van der Waals surface area (Å²) in [5.74, 6) is 1.90. The number of hydrogen-bond donors (Lipinski definition) is 0. The standard InChI is InChI=1S/2C7H16.4C3H6.C2H4.I2.HI/c2*1-4-6-7(3)5-2;4*1-3-2;2*1-2;/h2*7H,4-6H2,1-3H3;4*3H,1H2,2H3;1-2H2;;1H. The van der Waals surface area contributed by atoms with Crippen molar-refractivity contribution in [1.82, 2.24) is 0 Å². The molecule has 0 aliphatic rings. The lowest BCUT2D eigenvalue weighted by atomic mass is 10.0. The third-order valence-electron chi connectivity index (χ3n) is 2.96. The molecular weight excluding hydrogens is 717 g/mol. The van der Waals surface area contributed by atoms with E-state index in [1.165, 1.54) is 38.5 Å². The van der Waals surface area contributed by atoms with Crippen LogP contribution in [0, 0.1) is 11.8 Å². The van der Waals surface area contributed by atoms with Crippen LogP contribution >= 0.6 is 61.2 Å². The predicted molar refractivity (Wildman–Crippen MR) is 187 cm³/mol. The molecule has 0 bridgehead atoms. The monoisotopic (exact) mass is 778 g/mol. The Morgan fingerprint density at radius 2 is 0.710 bits per heavy atom. The van der Waals surface area contributed by atoms with Crippen LogP contribution in [0.1, 0.15) is 108 Å². The van der Waals surface area contributed by atoms with Gasteiger partial charge in [0.05, 0.1) is 0 Å². The highest BCUT2D eigenvalue weighted by Gasteiger charge is 1.93. The van der Waals surface area contributed by atoms with Gasteiger partial charge in [-0.3, -0.25) is 0 Å². The quantitative estimate of drug-likeness (QED) is 0.186. The second kappa shape index (κ2) is 96.7. The van der Waals surface area contributed by atoms with E-state index >= 15 is 0 Å². The minimum Gasteiger partial charge on any atom is -0.107 e. The molecule has 0 saturated carbocycles. The van der Waals surface area contributed by atoms with Gasteiger partial charge in [-0.1, -0.05) is 104 Å². The summed E-state index contributed by atoms with van der Waals surface area (Å²) in [5.41, 5.74) is 0. The molecule has 0 aliphatic carbocycles. The summed E-state index contributed by atoms with van der Waals surface area (Å²) < 4.78 is 0. The lowest BCUT2D eigenvalue weighted by Crippen LogP contribution is -1.88. The Bertz CT molecular complexity index is 202. The highest BCUT2D eigenvalue weighted by molar-refractivity contribution is 15.0. The molecule has 2 unspecified atom stereocenters. The molecule has 0 fully saturated rings. The van der Waals surface area contributed by atoms with Gasteiger partial charge in [0.2, 0.25) is 0 Å². The van der Waals surface area contributed by atoms with Crippen molar-refractivity contribution in [1.29, 1.82) is 0 Å². The fourth-order valence-electron chi connectivity index (χ4n) is 1.39. The molecule has 0 spiro atoms. The van der Waals surface area contributed by atoms with Crippen molar-refractivity contribution < 1.29 is 0 Å². The first-order valence-corrected chi connectivity index (χ1v) is 17.5. The van der Waals surface area contributed by atoms with Crippen LogP contribution in [0.15, 0.2) is 63.8 Å². The third-order valence-corrected chi connectivity index (χ3v) is 2.96. The van der Waals surface area contributed by atoms with Crippen LogP contribution in [0.25, 0.3) is 0 Å². The van der Waals surface area contributed by atoms with Gasteiger partial charge in [-0.2, -0.15) is 0 Å². The number of hydrogen-bond acceptors (Lipinski definition) is 0. The summed E-state index contributed by atoms with van der Waals surface area (Å²) in [7, 11) is 0. The highest BCUT2D eigenvalue weighted by Crippen LogP contribution is 2.07. The van der Waals surface area contributed by atoms with Crippen molar-refractivity contribution in [2.24, 2.45) is 11.8 Å². The SMILES string of the molecule is C=C.C=CC.C=CC.C=CC.C=CC.CCCC(C)CC.CCCC(C)CC.I.II. The summed E-state index contributed by atoms with van der Waals surface area (Å²) in [5, 5.41) is 0. The molecule has 0 aliphatic heterocycles. The van der Waals surface area contributed by atoms with Crippen LogP contribution < -0.4 is 0 Å². The molecule has 0 aromatic carbocycles. The zero-order valence-corrected chi connectivity index (χ0v) is 29.8. The fourth-order valence-corrected chi connectivity index (χ4v) is 1.39. The number of halogens is 3. The van der Waals surface area contributed by atoms with E-state index in [0.29, 0.717) is 0 Å². The molecule has 0 amide bonds. The van der Waals surface area contributed by atoms with Crippen molar-refractivity contribution >= 4 is 61.2 Å². The first-order valence-electron chi connectivity index (χ1n) is 11.2. The minimum absolute atomic E-state index is 0. The summed E-state index contributed by atoms with van der Waals surface area (Å²) in [4.78, 5) is 0. The molecule has 0 nitrogen and oxygen atoms in total. The smallest absolute Gasteiger partial charge is 0 e. The van der Waals surface area contributed by atoms with Crippen LogP contribution in [0.5, 0.6) is 0 Å². The van der Waals surface area contributed by atoms with E-state index in [0.717, 1.165) is 11.8 Å². The molecule has 0 heterocycles. The molecule has 0 rings (SSSR count). The van der Waals surface area contributed by atoms with Gasteiger partial charge in [0, 0.05) is 37.2 Å². The molecule has 0 N–H and O–H groups in total. The van der Waals surface area contributed by atoms with E-state index in [9.17, 15) is 0 Å². The molecule has 2 atom stereocenters. The Morgan fingerprint density at radius 1 is 0.581 bits per heavy atom. The molecule has 0 aromatic rings. The average Bonchev–Trinajstić information content (AvgIpc) is 2.74. The molecule has 0 radical (unpaired) electrons. The summed E-state index contributed by atoms with van der Waals surface area (Å²) >= 11 is 4.24. The summed E-state index contributed by atoms with van der Waals surface area (Å²) in [6, 6.07) is 0. The molecule has 194 valence electrons. The molecule has 31 heavy (non-hydrogen) atoms. The van der Waals surface area contributed by atoms with Gasteiger partial charge in [-0.15, -0.1) is 63.5 Å². The Morgan fingerprint density at radius 3 is 0.742 bits per heavy atom. The van der Waals surface area contributed by atoms with Crippen molar-refractivity contribution in [3.8, 4) is 0 Å². The second-order valence-corrected chi connectivity index (χ2v) is 6.24. The maximum Gasteiger partial charge on any atom is 0 e. The molecule has 3 heteroatoms. The Labute approximate surface area is 242 Å². The van der Waals surface area contributed by atoms with Gasteiger partial charge in [-0.25, -0.2) is 0 Å². The van der Waals surface area contributed by atoms with Crippen LogP contribution in [0.3, 0.4) is 0 Å². The summed E-state index contributed by atoms with van der Waals surface area (Å²) in [6.45, 7) is 40.6. The second-order valence-electron chi connectivity index (χ2n) is 6.24. The van der Waals surface area contributed by atoms with E-state index in [1.54, 1.807) is 24.3 Å². The Hall–Kier alpha value is 0.890. The van der Waals surface area contributed by atoms with Crippen LogP contribution in [0.2, 0.25) is 0 Å². The van der Waals surface area contributed by atoms with Crippen LogP contribution in [0.4, 0.5) is 0 Å². The first-order chi connectivity index (χ1) is 14.3. The van der Waals surface area contributed by atoms with Gasteiger partial charge in [0.1, 0.15) is 0 Å². The van der Waals surface area contributed by atoms with E-state index in [4.69, 9.17) is 0 Å². The zero-order chi connectivity index (χ0) is 26.2. The fraction of sp³-hybridized carbons (Fsp3) is 0.643. The topological polar surface area (TPSA) is 0 Å². The maximum absolute atomic E-state index is 3.36. The van der Waals surface area contributed by atoms with Crippen LogP contribution in [-0.2, 0) is 0 Å². The normalized spacial score (nSPS) is 8.39. The van der Waals surface area contributed by atoms with E-state index in [1.807, 2.05) is 27.7 Å². The minimum atomic E-state index is 0. The van der Waals surface area contributed by atoms with E-state index < -0.39 is 0 Å². The highest BCUT2D eigenvalue weighted by atomic mass is 128.